The predicted octanol–water partition coefficient (Wildman–Crippen LogP) is 17.4. The predicted molar refractivity (Wildman–Crippen MR) is 306 cm³/mol. The number of rotatable bonds is 3. The summed E-state index contributed by atoms with van der Waals surface area (Å²) in [6.45, 7) is 23.7. The minimum absolute atomic E-state index is 0.00133. The SMILES string of the molecule is Cc1cc2c(cc1N1c3cc4c(cc3B3c5c1cc1ccccc1c5-c1ccc5c(c1N3c1ccc(C(C)(C)C)cc1-c1ccccc1)C(C)(C)c1ccccc1-5)Oc1ccccc1O4)C(C)(C)CCC2(C)C. The summed E-state index contributed by atoms with van der Waals surface area (Å²) < 4.78 is 13.9. The molecule has 0 saturated carbocycles. The molecule has 0 N–H and O–H groups in total. The van der Waals surface area contributed by atoms with E-state index in [-0.39, 0.29) is 28.5 Å². The lowest BCUT2D eigenvalue weighted by atomic mass is 9.42. The summed E-state index contributed by atoms with van der Waals surface area (Å²) >= 11 is 0. The summed E-state index contributed by atoms with van der Waals surface area (Å²) in [5.74, 6) is 2.87. The highest BCUT2D eigenvalue weighted by Gasteiger charge is 2.51. The molecule has 0 saturated heterocycles. The number of ether oxygens (including phenoxy) is 2. The third kappa shape index (κ3) is 6.27. The molecule has 0 fully saturated rings. The van der Waals surface area contributed by atoms with Gasteiger partial charge in [0.25, 0.3) is 0 Å². The first-order valence-electron chi connectivity index (χ1n) is 26.4. The van der Waals surface area contributed by atoms with E-state index in [0.29, 0.717) is 5.75 Å². The summed E-state index contributed by atoms with van der Waals surface area (Å²) in [6, 6.07) is 61.7. The van der Waals surface area contributed by atoms with Crippen LogP contribution in [0.1, 0.15) is 109 Å². The van der Waals surface area contributed by atoms with Crippen LogP contribution >= 0.6 is 0 Å². The van der Waals surface area contributed by atoms with Gasteiger partial charge in [-0.2, -0.15) is 0 Å². The molecule has 5 aliphatic rings. The fourth-order valence-electron chi connectivity index (χ4n) is 13.6. The van der Waals surface area contributed by atoms with Crippen LogP contribution in [0, 0.1) is 6.92 Å². The van der Waals surface area contributed by atoms with Crippen molar-refractivity contribution >= 4 is 57.0 Å². The Bertz CT molecular complexity index is 3860. The van der Waals surface area contributed by atoms with Gasteiger partial charge in [-0.05, 0) is 156 Å². The zero-order valence-corrected chi connectivity index (χ0v) is 43.8. The topological polar surface area (TPSA) is 24.9 Å². The fraction of sp³-hybridized carbons (Fsp3) is 0.235. The quantitative estimate of drug-likeness (QED) is 0.165. The van der Waals surface area contributed by atoms with Gasteiger partial charge >= 0.3 is 6.85 Å². The molecular weight excluding hydrogens is 888 g/mol. The first kappa shape index (κ1) is 44.2. The highest BCUT2D eigenvalue weighted by molar-refractivity contribution is 6.94. The molecule has 14 rings (SSSR count). The van der Waals surface area contributed by atoms with Crippen molar-refractivity contribution in [2.45, 2.75) is 104 Å². The fourth-order valence-corrected chi connectivity index (χ4v) is 13.6. The molecule has 0 atom stereocenters. The van der Waals surface area contributed by atoms with Gasteiger partial charge in [0.05, 0.1) is 0 Å². The van der Waals surface area contributed by atoms with E-state index in [1.165, 1.54) is 106 Å². The number of benzene rings is 9. The number of nitrogens with zero attached hydrogens (tertiary/aromatic N) is 2. The molecule has 5 heteroatoms. The second-order valence-electron chi connectivity index (χ2n) is 24.4. The molecule has 0 unspecified atom stereocenters. The molecule has 0 bridgehead atoms. The molecule has 3 aliphatic heterocycles. The van der Waals surface area contributed by atoms with Crippen molar-refractivity contribution in [3.8, 4) is 56.4 Å². The Morgan fingerprint density at radius 3 is 1.89 bits per heavy atom. The summed E-state index contributed by atoms with van der Waals surface area (Å²) in [7, 11) is 0. The van der Waals surface area contributed by atoms with Crippen LogP contribution in [0.2, 0.25) is 0 Å². The Morgan fingerprint density at radius 1 is 0.507 bits per heavy atom. The molecule has 9 aromatic rings. The van der Waals surface area contributed by atoms with E-state index in [0.717, 1.165) is 41.2 Å². The third-order valence-electron chi connectivity index (χ3n) is 17.6. The van der Waals surface area contributed by atoms with Crippen molar-refractivity contribution in [1.82, 2.24) is 0 Å². The molecule has 2 aliphatic carbocycles. The Morgan fingerprint density at radius 2 is 1.15 bits per heavy atom. The lowest BCUT2D eigenvalue weighted by Gasteiger charge is -2.49. The highest BCUT2D eigenvalue weighted by Crippen LogP contribution is 2.61. The molecule has 3 heterocycles. The third-order valence-corrected chi connectivity index (χ3v) is 17.6. The van der Waals surface area contributed by atoms with E-state index in [9.17, 15) is 0 Å². The van der Waals surface area contributed by atoms with Crippen molar-refractivity contribution in [3.63, 3.8) is 0 Å². The smallest absolute Gasteiger partial charge is 0.333 e. The molecule has 9 aromatic carbocycles. The number of para-hydroxylation sites is 2. The number of hydrogen-bond acceptors (Lipinski definition) is 4. The molecule has 0 spiro atoms. The van der Waals surface area contributed by atoms with Crippen molar-refractivity contribution in [1.29, 1.82) is 0 Å². The first-order chi connectivity index (χ1) is 35.0. The van der Waals surface area contributed by atoms with Gasteiger partial charge in [-0.25, -0.2) is 0 Å². The van der Waals surface area contributed by atoms with Gasteiger partial charge in [0, 0.05) is 51.0 Å². The van der Waals surface area contributed by atoms with Gasteiger partial charge in [0.2, 0.25) is 0 Å². The van der Waals surface area contributed by atoms with E-state index in [4.69, 9.17) is 9.47 Å². The zero-order chi connectivity index (χ0) is 50.1. The van der Waals surface area contributed by atoms with Gasteiger partial charge < -0.3 is 19.2 Å². The normalized spacial score (nSPS) is 16.7. The van der Waals surface area contributed by atoms with Crippen LogP contribution in [0.25, 0.3) is 44.2 Å². The molecular formula is C68H61BN2O2. The average Bonchev–Trinajstić information content (AvgIpc) is 3.62. The second-order valence-corrected chi connectivity index (χ2v) is 24.4. The number of anilines is 5. The van der Waals surface area contributed by atoms with Crippen LogP contribution in [0.4, 0.5) is 28.4 Å². The van der Waals surface area contributed by atoms with Gasteiger partial charge in [0.15, 0.2) is 23.0 Å². The van der Waals surface area contributed by atoms with E-state index < -0.39 is 0 Å². The number of hydrogen-bond donors (Lipinski definition) is 0. The Hall–Kier alpha value is -7.50. The average molecular weight is 949 g/mol. The molecule has 0 amide bonds. The minimum atomic E-state index is -0.320. The maximum absolute atomic E-state index is 6.98. The molecule has 4 nitrogen and oxygen atoms in total. The van der Waals surface area contributed by atoms with Crippen LogP contribution in [0.5, 0.6) is 23.0 Å². The van der Waals surface area contributed by atoms with Crippen LogP contribution in [-0.4, -0.2) is 6.85 Å². The van der Waals surface area contributed by atoms with Gasteiger partial charge in [-0.3, -0.25) is 0 Å². The maximum Gasteiger partial charge on any atom is 0.333 e. The monoisotopic (exact) mass is 948 g/mol. The Kier molecular flexibility index (Phi) is 9.11. The van der Waals surface area contributed by atoms with Crippen LogP contribution in [0.3, 0.4) is 0 Å². The van der Waals surface area contributed by atoms with Crippen LogP contribution < -0.4 is 30.1 Å². The van der Waals surface area contributed by atoms with Crippen molar-refractivity contribution < 1.29 is 9.47 Å². The van der Waals surface area contributed by atoms with E-state index >= 15 is 0 Å². The highest BCUT2D eigenvalue weighted by atomic mass is 16.6. The lowest BCUT2D eigenvalue weighted by Crippen LogP contribution is -2.62. The standard InChI is InChI=1S/C68H61BN2O2/c1-40-34-50-51(67(7,8)33-32-66(50,5)6)37-54(40)70-55-39-60-59(72-57-26-18-19-27-58(57)73-60)38-52(55)69-63-56(70)35-42-22-14-15-23-44(42)61(63)47-30-29-46-45-24-16-17-25-49(45)68(9,10)62(46)64(47)71(69)53-31-28-43(65(2,3)4)36-48(53)41-20-12-11-13-21-41/h11-31,34-39H,32-33H2,1-10H3. The number of fused-ring (bicyclic) bond motifs is 13. The largest absolute Gasteiger partial charge is 0.450 e. The maximum atomic E-state index is 6.98. The van der Waals surface area contributed by atoms with Crippen LogP contribution in [-0.2, 0) is 21.7 Å². The number of aryl methyl sites for hydroxylation is 1. The van der Waals surface area contributed by atoms with Gasteiger partial charge in [0.1, 0.15) is 0 Å². The summed E-state index contributed by atoms with van der Waals surface area (Å²) in [4.78, 5) is 5.37. The van der Waals surface area contributed by atoms with Crippen LogP contribution in [0.15, 0.2) is 164 Å². The Labute approximate surface area is 431 Å². The zero-order valence-electron chi connectivity index (χ0n) is 43.8. The summed E-state index contributed by atoms with van der Waals surface area (Å²) in [5, 5.41) is 2.47. The molecule has 73 heavy (non-hydrogen) atoms. The first-order valence-corrected chi connectivity index (χ1v) is 26.4. The van der Waals surface area contributed by atoms with Crippen molar-refractivity contribution in [3.05, 3.63) is 197 Å². The van der Waals surface area contributed by atoms with Gasteiger partial charge in [-0.1, -0.05) is 178 Å². The van der Waals surface area contributed by atoms with E-state index in [1.54, 1.807) is 0 Å². The molecule has 0 radical (unpaired) electrons. The summed E-state index contributed by atoms with van der Waals surface area (Å²) in [6.07, 6.45) is 2.29. The second kappa shape index (κ2) is 15.0. The summed E-state index contributed by atoms with van der Waals surface area (Å²) in [5.41, 5.74) is 23.7. The van der Waals surface area contributed by atoms with E-state index in [1.807, 2.05) is 24.3 Å². The van der Waals surface area contributed by atoms with Crippen molar-refractivity contribution in [2.24, 2.45) is 0 Å². The lowest BCUT2D eigenvalue weighted by molar-refractivity contribution is 0.332. The Balaban J connectivity index is 1.16. The van der Waals surface area contributed by atoms with Crippen molar-refractivity contribution in [2.75, 3.05) is 9.71 Å². The van der Waals surface area contributed by atoms with E-state index in [2.05, 4.69) is 218 Å². The molecule has 358 valence electrons. The van der Waals surface area contributed by atoms with Gasteiger partial charge in [-0.15, -0.1) is 0 Å². The minimum Gasteiger partial charge on any atom is -0.450 e. The molecule has 0 aromatic heterocycles.